The fourth-order valence-corrected chi connectivity index (χ4v) is 4.50. The van der Waals surface area contributed by atoms with Crippen LogP contribution in [0.1, 0.15) is 28.8 Å². The lowest BCUT2D eigenvalue weighted by molar-refractivity contribution is 0.614. The van der Waals surface area contributed by atoms with E-state index in [1.807, 2.05) is 19.1 Å². The molecule has 2 heterocycles. The van der Waals surface area contributed by atoms with E-state index in [9.17, 15) is 0 Å². The van der Waals surface area contributed by atoms with E-state index in [1.54, 1.807) is 11.3 Å². The number of anilines is 1. The molecular weight excluding hydrogens is 304 g/mol. The zero-order valence-electron chi connectivity index (χ0n) is 11.7. The van der Waals surface area contributed by atoms with Crippen LogP contribution in [0.25, 0.3) is 22.6 Å². The molecule has 2 aromatic heterocycles. The van der Waals surface area contributed by atoms with Gasteiger partial charge in [-0.25, -0.2) is 4.98 Å². The Balaban J connectivity index is 1.95. The van der Waals surface area contributed by atoms with Crippen molar-refractivity contribution in [3.63, 3.8) is 0 Å². The Kier molecular flexibility index (Phi) is 2.98. The van der Waals surface area contributed by atoms with E-state index < -0.39 is 0 Å². The summed E-state index contributed by atoms with van der Waals surface area (Å²) in [6, 6.07) is 3.73. The average Bonchev–Trinajstić information content (AvgIpc) is 2.98. The van der Waals surface area contributed by atoms with Gasteiger partial charge >= 0.3 is 0 Å². The molecule has 1 aliphatic rings. The molecule has 0 fully saturated rings. The summed E-state index contributed by atoms with van der Waals surface area (Å²) < 4.78 is 6.00. The van der Waals surface area contributed by atoms with E-state index in [0.717, 1.165) is 40.1 Å². The first kappa shape index (κ1) is 13.2. The molecule has 5 heteroatoms. The first-order valence-electron chi connectivity index (χ1n) is 7.10. The molecule has 0 atom stereocenters. The summed E-state index contributed by atoms with van der Waals surface area (Å²) >= 11 is 7.78. The Labute approximate surface area is 131 Å². The molecule has 0 saturated carbocycles. The van der Waals surface area contributed by atoms with E-state index in [2.05, 4.69) is 4.98 Å². The van der Waals surface area contributed by atoms with Crippen molar-refractivity contribution in [3.8, 4) is 11.5 Å². The third-order valence-corrected chi connectivity index (χ3v) is 5.39. The van der Waals surface area contributed by atoms with Gasteiger partial charge in [0.25, 0.3) is 0 Å². The molecule has 0 aliphatic heterocycles. The summed E-state index contributed by atoms with van der Waals surface area (Å²) in [7, 11) is 0. The highest BCUT2D eigenvalue weighted by atomic mass is 35.5. The molecule has 0 unspecified atom stereocenters. The summed E-state index contributed by atoms with van der Waals surface area (Å²) in [6.45, 7) is 1.98. The van der Waals surface area contributed by atoms with Gasteiger partial charge < -0.3 is 10.2 Å². The largest absolute Gasteiger partial charge is 0.436 e. The lowest BCUT2D eigenvalue weighted by Crippen LogP contribution is -1.99. The van der Waals surface area contributed by atoms with Crippen LogP contribution >= 0.6 is 22.9 Å². The predicted molar refractivity (Wildman–Crippen MR) is 88.1 cm³/mol. The van der Waals surface area contributed by atoms with Crippen molar-refractivity contribution in [2.75, 3.05) is 5.73 Å². The van der Waals surface area contributed by atoms with Gasteiger partial charge in [-0.3, -0.25) is 0 Å². The van der Waals surface area contributed by atoms with Crippen LogP contribution in [0.15, 0.2) is 16.5 Å². The SMILES string of the molecule is Cc1cc(Cl)cc2nc(-c3c(N)sc4c3CCCC4)oc12. The molecule has 3 aromatic rings. The Bertz CT molecular complexity index is 850. The van der Waals surface area contributed by atoms with Crippen LogP contribution in [-0.2, 0) is 12.8 Å². The first-order chi connectivity index (χ1) is 10.1. The Morgan fingerprint density at radius 2 is 2.10 bits per heavy atom. The second-order valence-corrected chi connectivity index (χ2v) is 7.11. The maximum absolute atomic E-state index is 6.24. The smallest absolute Gasteiger partial charge is 0.230 e. The predicted octanol–water partition coefficient (Wildman–Crippen LogP) is 4.98. The minimum absolute atomic E-state index is 0.632. The quantitative estimate of drug-likeness (QED) is 0.688. The minimum Gasteiger partial charge on any atom is -0.436 e. The number of nitrogen functional groups attached to an aromatic ring is 1. The molecule has 3 nitrogen and oxygen atoms in total. The lowest BCUT2D eigenvalue weighted by Gasteiger charge is -2.11. The van der Waals surface area contributed by atoms with Crippen LogP contribution in [0, 0.1) is 6.92 Å². The molecule has 21 heavy (non-hydrogen) atoms. The van der Waals surface area contributed by atoms with Crippen LogP contribution in [0.2, 0.25) is 5.02 Å². The Morgan fingerprint density at radius 3 is 2.95 bits per heavy atom. The van der Waals surface area contributed by atoms with E-state index in [0.29, 0.717) is 10.9 Å². The van der Waals surface area contributed by atoms with Gasteiger partial charge in [0.2, 0.25) is 5.89 Å². The number of halogens is 1. The number of aryl methyl sites for hydroxylation is 2. The molecular formula is C16H15ClN2OS. The molecule has 1 aromatic carbocycles. The van der Waals surface area contributed by atoms with Gasteiger partial charge in [0.15, 0.2) is 5.58 Å². The Morgan fingerprint density at radius 1 is 1.29 bits per heavy atom. The molecule has 2 N–H and O–H groups in total. The summed E-state index contributed by atoms with van der Waals surface area (Å²) in [5, 5.41) is 1.50. The summed E-state index contributed by atoms with van der Waals surface area (Å²) in [5.74, 6) is 0.632. The zero-order valence-corrected chi connectivity index (χ0v) is 13.3. The van der Waals surface area contributed by atoms with Crippen LogP contribution in [0.3, 0.4) is 0 Å². The van der Waals surface area contributed by atoms with Gasteiger partial charge in [-0.1, -0.05) is 11.6 Å². The molecule has 0 saturated heterocycles. The standard InChI is InChI=1S/C16H15ClN2OS/c1-8-6-9(17)7-11-14(8)20-16(19-11)13-10-4-2-3-5-12(10)21-15(13)18/h6-7H,2-5,18H2,1H3. The molecule has 0 radical (unpaired) electrons. The third kappa shape index (κ3) is 2.05. The van der Waals surface area contributed by atoms with Crippen LogP contribution < -0.4 is 5.73 Å². The lowest BCUT2D eigenvalue weighted by atomic mass is 9.95. The van der Waals surface area contributed by atoms with Crippen LogP contribution in [-0.4, -0.2) is 4.98 Å². The fourth-order valence-electron chi connectivity index (χ4n) is 3.09. The van der Waals surface area contributed by atoms with E-state index in [1.165, 1.54) is 23.3 Å². The van der Waals surface area contributed by atoms with E-state index in [-0.39, 0.29) is 0 Å². The number of aromatic nitrogens is 1. The maximum Gasteiger partial charge on any atom is 0.230 e. The number of rotatable bonds is 1. The average molecular weight is 319 g/mol. The molecule has 4 rings (SSSR count). The summed E-state index contributed by atoms with van der Waals surface area (Å²) in [6.07, 6.45) is 4.64. The van der Waals surface area contributed by atoms with Crippen molar-refractivity contribution in [1.29, 1.82) is 0 Å². The number of fused-ring (bicyclic) bond motifs is 2. The van der Waals surface area contributed by atoms with Crippen molar-refractivity contribution in [2.45, 2.75) is 32.6 Å². The normalized spacial score (nSPS) is 14.6. The van der Waals surface area contributed by atoms with Gasteiger partial charge in [0.1, 0.15) is 5.52 Å². The van der Waals surface area contributed by atoms with Gasteiger partial charge in [-0.15, -0.1) is 11.3 Å². The Hall–Kier alpha value is -1.52. The first-order valence-corrected chi connectivity index (χ1v) is 8.30. The number of nitrogens with two attached hydrogens (primary N) is 1. The molecule has 0 amide bonds. The van der Waals surface area contributed by atoms with Crippen molar-refractivity contribution >= 4 is 39.0 Å². The van der Waals surface area contributed by atoms with Crippen molar-refractivity contribution in [1.82, 2.24) is 4.98 Å². The van der Waals surface area contributed by atoms with Crippen molar-refractivity contribution in [2.24, 2.45) is 0 Å². The number of hydrogen-bond acceptors (Lipinski definition) is 4. The van der Waals surface area contributed by atoms with Crippen molar-refractivity contribution < 1.29 is 4.42 Å². The third-order valence-electron chi connectivity index (χ3n) is 4.05. The number of oxazole rings is 1. The topological polar surface area (TPSA) is 52.0 Å². The van der Waals surface area contributed by atoms with Gasteiger partial charge in [0, 0.05) is 9.90 Å². The summed E-state index contributed by atoms with van der Waals surface area (Å²) in [5.41, 5.74) is 11.2. The van der Waals surface area contributed by atoms with Crippen molar-refractivity contribution in [3.05, 3.63) is 33.2 Å². The highest BCUT2D eigenvalue weighted by molar-refractivity contribution is 7.16. The number of hydrogen-bond donors (Lipinski definition) is 1. The highest BCUT2D eigenvalue weighted by Crippen LogP contribution is 2.43. The molecule has 108 valence electrons. The second kappa shape index (κ2) is 4.75. The molecule has 0 bridgehead atoms. The second-order valence-electron chi connectivity index (χ2n) is 5.54. The number of benzene rings is 1. The minimum atomic E-state index is 0.632. The van der Waals surface area contributed by atoms with Crippen LogP contribution in [0.5, 0.6) is 0 Å². The van der Waals surface area contributed by atoms with Crippen LogP contribution in [0.4, 0.5) is 5.00 Å². The fraction of sp³-hybridized carbons (Fsp3) is 0.312. The van der Waals surface area contributed by atoms with E-state index >= 15 is 0 Å². The van der Waals surface area contributed by atoms with Gasteiger partial charge in [0.05, 0.1) is 10.6 Å². The number of nitrogens with zero attached hydrogens (tertiary/aromatic N) is 1. The molecule has 1 aliphatic carbocycles. The zero-order chi connectivity index (χ0) is 14.6. The van der Waals surface area contributed by atoms with E-state index in [4.69, 9.17) is 21.8 Å². The van der Waals surface area contributed by atoms with Gasteiger partial charge in [-0.2, -0.15) is 0 Å². The monoisotopic (exact) mass is 318 g/mol. The highest BCUT2D eigenvalue weighted by Gasteiger charge is 2.24. The number of thiophene rings is 1. The maximum atomic E-state index is 6.24. The van der Waals surface area contributed by atoms with Gasteiger partial charge in [-0.05, 0) is 55.9 Å². The summed E-state index contributed by atoms with van der Waals surface area (Å²) in [4.78, 5) is 6.02. The molecule has 0 spiro atoms.